The molecule has 4 radical (unpaired) electrons. The number of aryl methyl sites for hydroxylation is 4. The number of hydrogen-bond donors (Lipinski definition) is 8. The van der Waals surface area contributed by atoms with Crippen LogP contribution in [0.1, 0.15) is 120 Å². The van der Waals surface area contributed by atoms with Gasteiger partial charge < -0.3 is 42.8 Å². The minimum atomic E-state index is -4.64. The molecule has 0 fully saturated rings. The van der Waals surface area contributed by atoms with Gasteiger partial charge in [0.25, 0.3) is 33.3 Å². The molecule has 9 rings (SSSR count). The van der Waals surface area contributed by atoms with Crippen LogP contribution in [0.15, 0.2) is 152 Å². The number of aromatic carboxylic acids is 1. The van der Waals surface area contributed by atoms with E-state index in [2.05, 4.69) is 15.3 Å². The number of benzene rings is 8. The first-order valence-corrected chi connectivity index (χ1v) is 39.8. The molecular formula is C70H61B2Cl7F12N8O13Sn. The summed E-state index contributed by atoms with van der Waals surface area (Å²) in [5.74, 6) is -3.16. The number of carbonyl (C=O) groups is 5. The summed E-state index contributed by atoms with van der Waals surface area (Å²) in [6.45, 7) is 8.53. The minimum absolute atomic E-state index is 0.0479. The van der Waals surface area contributed by atoms with Crippen LogP contribution in [-0.4, -0.2) is 113 Å². The van der Waals surface area contributed by atoms with Gasteiger partial charge in [-0.05, 0) is 135 Å². The number of hydrogen-bond acceptors (Lipinski definition) is 17. The van der Waals surface area contributed by atoms with Crippen LogP contribution in [0, 0.1) is 47.9 Å². The molecule has 8 aromatic carbocycles. The van der Waals surface area contributed by atoms with Crippen molar-refractivity contribution in [2.45, 2.75) is 78.6 Å². The number of carbonyl (C=O) groups excluding carboxylic acids is 4. The number of alkyl halides is 12. The summed E-state index contributed by atoms with van der Waals surface area (Å²) in [5.41, 5.74) is 16.3. The molecule has 0 bridgehead atoms. The van der Waals surface area contributed by atoms with Gasteiger partial charge in [0.2, 0.25) is 0 Å². The number of aliphatic hydroxyl groups is 1. The summed E-state index contributed by atoms with van der Waals surface area (Å²) in [6.07, 6.45) is -17.9. The Morgan fingerprint density at radius 3 is 1.15 bits per heavy atom. The van der Waals surface area contributed by atoms with Crippen molar-refractivity contribution in [2.24, 2.45) is 0 Å². The average molecular weight is 1840 g/mol. The Morgan fingerprint density at radius 1 is 0.504 bits per heavy atom. The quantitative estimate of drug-likeness (QED) is 0.0125. The summed E-state index contributed by atoms with van der Waals surface area (Å²) < 4.78 is 164. The van der Waals surface area contributed by atoms with Gasteiger partial charge in [-0.1, -0.05) is 119 Å². The zero-order valence-electron chi connectivity index (χ0n) is 60.6. The van der Waals surface area contributed by atoms with Crippen molar-refractivity contribution in [3.63, 3.8) is 0 Å². The summed E-state index contributed by atoms with van der Waals surface area (Å²) in [5, 5.41) is 52.5. The number of nitro benzene ring substituents is 2. The van der Waals surface area contributed by atoms with Gasteiger partial charge in [-0.25, -0.2) is 14.8 Å². The number of amides is 1. The zero-order chi connectivity index (χ0) is 88.4. The Labute approximate surface area is 683 Å². The van der Waals surface area contributed by atoms with E-state index in [1.807, 2.05) is 0 Å². The van der Waals surface area contributed by atoms with Gasteiger partial charge in [-0.15, -0.1) is 0 Å². The number of nitrogens with one attached hydrogen (secondary N) is 1. The van der Waals surface area contributed by atoms with E-state index in [9.17, 15) is 96.9 Å². The Kier molecular flexibility index (Phi) is 41.4. The van der Waals surface area contributed by atoms with Crippen molar-refractivity contribution >= 4 is 174 Å². The molecule has 21 nitrogen and oxygen atoms in total. The number of carboxylic acids is 1. The maximum atomic E-state index is 13.1. The molecule has 0 unspecified atom stereocenters. The Hall–Kier alpha value is -9.01. The maximum absolute atomic E-state index is 13.1. The van der Waals surface area contributed by atoms with E-state index >= 15 is 0 Å². The number of halogens is 19. The molecule has 0 saturated carbocycles. The molecule has 11 N–H and O–H groups in total. The predicted molar refractivity (Wildman–Crippen MR) is 412 cm³/mol. The van der Waals surface area contributed by atoms with Crippen LogP contribution in [0.5, 0.6) is 0 Å². The number of ketones is 3. The van der Waals surface area contributed by atoms with Gasteiger partial charge in [-0.3, -0.25) is 39.4 Å². The van der Waals surface area contributed by atoms with Crippen LogP contribution in [-0.2, 0) is 44.0 Å². The van der Waals surface area contributed by atoms with Crippen molar-refractivity contribution in [1.82, 2.24) is 9.97 Å². The standard InChI is InChI=1S/C21H15Cl2F3N4O2.C16H11ClF3NO3.C16H13ClF3NO.C8H7NO4.C7H5ClF3N.C2H6O.2BH2O.2ClH.Sn/c1-10-2-4-12(8-15(10)30-20(32)18-17(23)19(27)29-9-28-18)16(31)7-11-3-5-14(22)13(6-11)21(24,25)26;1-9-2-4-11(8-14(9)21(23)24)15(22)7-10-3-5-13(17)12(6-10)16(18,19)20;1-9-2-4-11(8-14(9)21)15(22)7-10-3-5-13(17)12(6-10)16(18,19)20;1-5-2-3-6(8(10)11)4-7(5)9(12)13;8-6-2-1-4(12)3-5(6)7(9,10)11;1-2-3;2*1-2;;;/h2-6,8-9H,7H2,1H3,(H,30,32)(H2,27,28,29);2-6,8H,7H2,1H3;2-6,8H,7,21H2,1H3;2-4H,1H3,(H,10,11);1-3H,12H2;3H,2H2,1H3;2*1-2H;2*1H;/q;;;;;;;;;;+2/p-2/i;;;;;;2*1T;;;. The van der Waals surface area contributed by atoms with Gasteiger partial charge in [0.1, 0.15) is 17.2 Å². The molecule has 0 spiro atoms. The summed E-state index contributed by atoms with van der Waals surface area (Å²) >= 11 is 27.1. The van der Waals surface area contributed by atoms with Crippen molar-refractivity contribution in [3.8, 4) is 0 Å². The van der Waals surface area contributed by atoms with Crippen LogP contribution in [0.3, 0.4) is 0 Å². The van der Waals surface area contributed by atoms with E-state index < -0.39 is 109 Å². The van der Waals surface area contributed by atoms with E-state index in [4.69, 9.17) is 116 Å². The molecule has 602 valence electrons. The van der Waals surface area contributed by atoms with E-state index in [1.165, 1.54) is 73.7 Å². The van der Waals surface area contributed by atoms with Gasteiger partial charge in [0.15, 0.2) is 23.0 Å². The number of carboxylic acid groups (broad SMARTS) is 1. The number of anilines is 4. The molecule has 0 aliphatic rings. The Morgan fingerprint density at radius 2 is 0.814 bits per heavy atom. The van der Waals surface area contributed by atoms with Crippen molar-refractivity contribution in [2.75, 3.05) is 29.1 Å². The SMILES string of the molecule is CCO.Cc1ccc(C(=O)Cc2ccc(Cl)c(C(F)(F)F)c2)cc1N.Cc1ccc(C(=O)Cc2ccc(Cl)c(C(F)(F)F)c2)cc1NC(=O)c1ncnc(N)c1Cl.Cc1ccc(C(=O)Cc2ccc(Cl)c(C(F)(F)F)c2)cc1[N+](=O)[O-].Cc1ccc(C(=O)O)cc1[N+](=O)[O-].Nc1ccc(Cl)c(C(F)(F)F)c1.[3H][B]O.[3H][B]O.[Cl][Sn][Cl]. The number of Topliss-reactive ketones (excluding diaryl/α,β-unsaturated/α-hetero) is 3. The van der Waals surface area contributed by atoms with Gasteiger partial charge >= 0.3 is 67.4 Å². The van der Waals surface area contributed by atoms with Crippen molar-refractivity contribution < 1.29 is 107 Å². The zero-order valence-corrected chi connectivity index (χ0v) is 66.7. The third-order valence-corrected chi connectivity index (χ3v) is 15.9. The normalized spacial score (nSPS) is 10.8. The third-order valence-electron chi connectivity index (χ3n) is 14.2. The van der Waals surface area contributed by atoms with E-state index in [0.29, 0.717) is 33.6 Å². The number of aromatic nitrogens is 2. The van der Waals surface area contributed by atoms with Crippen LogP contribution in [0.2, 0.25) is 25.1 Å². The van der Waals surface area contributed by atoms with E-state index in [0.717, 1.165) is 72.6 Å². The Bertz CT molecular complexity index is 4860. The summed E-state index contributed by atoms with van der Waals surface area (Å²) in [7, 11) is 10.4. The Balaban J connectivity index is 0.000000717. The second-order valence-corrected chi connectivity index (χ2v) is 28.4. The van der Waals surface area contributed by atoms with E-state index in [-0.39, 0.29) is 125 Å². The number of nitrogen functional groups attached to an aromatic ring is 3. The molecule has 0 aliphatic carbocycles. The van der Waals surface area contributed by atoms with Crippen LogP contribution < -0.4 is 22.5 Å². The molecule has 113 heavy (non-hydrogen) atoms. The molecular weight excluding hydrogens is 1780 g/mol. The van der Waals surface area contributed by atoms with E-state index in [1.54, 1.807) is 45.9 Å². The van der Waals surface area contributed by atoms with Gasteiger partial charge in [0, 0.05) is 85.6 Å². The number of aliphatic hydroxyl groups excluding tert-OH is 1. The first kappa shape index (κ1) is 98.2. The molecule has 0 aliphatic heterocycles. The molecule has 9 aromatic rings. The predicted octanol–water partition coefficient (Wildman–Crippen LogP) is 18.2. The second kappa shape index (κ2) is 47.6. The number of nitro groups is 2. The fourth-order valence-electron chi connectivity index (χ4n) is 8.71. The molecule has 1 amide bonds. The average Bonchev–Trinajstić information content (AvgIpc) is 0.824. The molecule has 0 saturated heterocycles. The van der Waals surface area contributed by atoms with Crippen LogP contribution >= 0.6 is 75.8 Å². The first-order chi connectivity index (χ1) is 53.3. The third kappa shape index (κ3) is 33.5. The molecule has 1 aromatic heterocycles. The second-order valence-electron chi connectivity index (χ2n) is 22.2. The van der Waals surface area contributed by atoms with Crippen LogP contribution in [0.4, 0.5) is 86.9 Å². The van der Waals surface area contributed by atoms with Gasteiger partial charge in [0.05, 0.1) is 57.8 Å². The summed E-state index contributed by atoms with van der Waals surface area (Å²) in [4.78, 5) is 87.6. The molecule has 43 heteroatoms. The summed E-state index contributed by atoms with van der Waals surface area (Å²) in [6, 6.07) is 30.4. The molecule has 1 heterocycles. The van der Waals surface area contributed by atoms with Crippen LogP contribution in [0.25, 0.3) is 0 Å². The van der Waals surface area contributed by atoms with Crippen molar-refractivity contribution in [3.05, 3.63) is 286 Å². The number of nitrogens with zero attached hydrogens (tertiary/aromatic N) is 4. The molecule has 0 atom stereocenters. The fraction of sp³-hybridized carbons (Fsp3) is 0.186. The van der Waals surface area contributed by atoms with Crippen molar-refractivity contribution in [1.29, 1.82) is 2.67 Å². The number of rotatable bonds is 14. The fourth-order valence-corrected chi connectivity index (χ4v) is 9.79. The first-order valence-electron chi connectivity index (χ1n) is 31.8. The topological polar surface area (TPSA) is 368 Å². The number of nitrogens with two attached hydrogens (primary N) is 3. The monoisotopic (exact) mass is 1840 g/mol. The van der Waals surface area contributed by atoms with Gasteiger partial charge in [-0.2, -0.15) is 52.7 Å².